The van der Waals surface area contributed by atoms with Gasteiger partial charge in [0.2, 0.25) is 5.78 Å². The van der Waals surface area contributed by atoms with E-state index in [-0.39, 0.29) is 17.4 Å². The van der Waals surface area contributed by atoms with E-state index in [0.29, 0.717) is 17.9 Å². The molecule has 1 N–H and O–H groups in total. The molecule has 0 spiro atoms. The van der Waals surface area contributed by atoms with E-state index < -0.39 is 23.5 Å². The number of furan rings is 1. The van der Waals surface area contributed by atoms with Gasteiger partial charge in [-0.2, -0.15) is 0 Å². The van der Waals surface area contributed by atoms with Crippen LogP contribution in [0, 0.1) is 6.92 Å². The molecule has 0 fully saturated rings. The number of likely N-dealkylation sites (N-methyl/N-ethyl adjacent to an activating group) is 1. The highest BCUT2D eigenvalue weighted by molar-refractivity contribution is 6.15. The van der Waals surface area contributed by atoms with Crippen molar-refractivity contribution in [3.05, 3.63) is 101 Å². The smallest absolute Gasteiger partial charge is 0.290 e. The summed E-state index contributed by atoms with van der Waals surface area (Å²) in [7, 11) is 1.58. The lowest BCUT2D eigenvalue weighted by Gasteiger charge is -2.36. The number of amides is 1. The summed E-state index contributed by atoms with van der Waals surface area (Å²) < 4.78 is 10.6. The van der Waals surface area contributed by atoms with Gasteiger partial charge in [-0.3, -0.25) is 14.5 Å². The van der Waals surface area contributed by atoms with Crippen molar-refractivity contribution in [3.8, 4) is 5.75 Å². The lowest BCUT2D eigenvalue weighted by Crippen LogP contribution is -2.41. The highest BCUT2D eigenvalue weighted by Crippen LogP contribution is 2.41. The number of hydrogen-bond donors (Lipinski definition) is 1. The number of carbonyl (C=O) groups is 2. The summed E-state index contributed by atoms with van der Waals surface area (Å²) in [5.74, 6) is -0.899. The molecular formula is C29H32N2O5. The lowest BCUT2D eigenvalue weighted by atomic mass is 9.94. The predicted octanol–water partition coefficient (Wildman–Crippen LogP) is 5.26. The minimum absolute atomic E-state index is 0.0160. The van der Waals surface area contributed by atoms with Crippen LogP contribution in [0.5, 0.6) is 5.75 Å². The number of aryl methyl sites for hydroxylation is 1. The third kappa shape index (κ3) is 4.79. The van der Waals surface area contributed by atoms with Gasteiger partial charge in [0.15, 0.2) is 11.5 Å². The van der Waals surface area contributed by atoms with Gasteiger partial charge in [0.05, 0.1) is 31.0 Å². The Labute approximate surface area is 211 Å². The number of benzene rings is 2. The van der Waals surface area contributed by atoms with E-state index in [1.54, 1.807) is 30.2 Å². The minimum Gasteiger partial charge on any atom is -0.503 e. The largest absolute Gasteiger partial charge is 0.503 e. The van der Waals surface area contributed by atoms with Gasteiger partial charge in [-0.1, -0.05) is 55.8 Å². The van der Waals surface area contributed by atoms with E-state index in [1.165, 1.54) is 12.3 Å². The van der Waals surface area contributed by atoms with Crippen LogP contribution < -0.4 is 4.74 Å². The first-order valence-electron chi connectivity index (χ1n) is 12.2. The van der Waals surface area contributed by atoms with Crippen LogP contribution in [0.4, 0.5) is 0 Å². The summed E-state index contributed by atoms with van der Waals surface area (Å²) in [6.07, 6.45) is 1.40. The molecule has 1 aromatic heterocycles. The normalized spacial score (nSPS) is 16.6. The van der Waals surface area contributed by atoms with Crippen LogP contribution in [0.2, 0.25) is 0 Å². The molecule has 2 unspecified atom stereocenters. The van der Waals surface area contributed by atoms with Crippen molar-refractivity contribution in [3.63, 3.8) is 0 Å². The van der Waals surface area contributed by atoms with Crippen molar-refractivity contribution < 1.29 is 23.8 Å². The molecule has 1 aliphatic heterocycles. The first-order chi connectivity index (χ1) is 17.4. The molecule has 7 nitrogen and oxygen atoms in total. The van der Waals surface area contributed by atoms with Gasteiger partial charge >= 0.3 is 0 Å². The maximum atomic E-state index is 13.5. The van der Waals surface area contributed by atoms with Crippen molar-refractivity contribution in [2.45, 2.75) is 32.9 Å². The molecule has 3 aromatic rings. The number of ether oxygens (including phenoxy) is 1. The summed E-state index contributed by atoms with van der Waals surface area (Å²) >= 11 is 0. The van der Waals surface area contributed by atoms with Crippen LogP contribution in [0.25, 0.3) is 0 Å². The van der Waals surface area contributed by atoms with Gasteiger partial charge in [0, 0.05) is 6.54 Å². The summed E-state index contributed by atoms with van der Waals surface area (Å²) in [5, 5.41) is 11.0. The number of aliphatic hydroxyl groups excluding tert-OH is 1. The number of aliphatic hydroxyl groups is 1. The van der Waals surface area contributed by atoms with Crippen molar-refractivity contribution >= 4 is 11.7 Å². The fourth-order valence-electron chi connectivity index (χ4n) is 4.82. The zero-order valence-corrected chi connectivity index (χ0v) is 21.1. The van der Waals surface area contributed by atoms with Crippen molar-refractivity contribution in [2.24, 2.45) is 0 Å². The van der Waals surface area contributed by atoms with Gasteiger partial charge in [0.1, 0.15) is 5.75 Å². The molecular weight excluding hydrogens is 456 g/mol. The maximum absolute atomic E-state index is 13.5. The third-order valence-corrected chi connectivity index (χ3v) is 6.81. The first-order valence-corrected chi connectivity index (χ1v) is 12.2. The van der Waals surface area contributed by atoms with E-state index in [4.69, 9.17) is 9.15 Å². The molecule has 0 radical (unpaired) electrons. The summed E-state index contributed by atoms with van der Waals surface area (Å²) in [5.41, 5.74) is 2.93. The minimum atomic E-state index is -0.774. The topological polar surface area (TPSA) is 83.2 Å². The van der Waals surface area contributed by atoms with E-state index in [9.17, 15) is 14.7 Å². The monoisotopic (exact) mass is 488 g/mol. The number of nitrogens with zero attached hydrogens (tertiary/aromatic N) is 2. The van der Waals surface area contributed by atoms with Crippen molar-refractivity contribution in [1.29, 1.82) is 0 Å². The van der Waals surface area contributed by atoms with Crippen LogP contribution >= 0.6 is 0 Å². The average Bonchev–Trinajstić information content (AvgIpc) is 3.52. The summed E-state index contributed by atoms with van der Waals surface area (Å²) in [6, 6.07) is 17.7. The fourth-order valence-corrected chi connectivity index (χ4v) is 4.82. The van der Waals surface area contributed by atoms with E-state index in [2.05, 4.69) is 43.0 Å². The fraction of sp³-hybridized carbons (Fsp3) is 0.310. The van der Waals surface area contributed by atoms with Gasteiger partial charge in [-0.25, -0.2) is 0 Å². The van der Waals surface area contributed by atoms with Crippen LogP contribution in [0.3, 0.4) is 0 Å². The Bertz CT molecular complexity index is 1230. The molecule has 2 heterocycles. The quantitative estimate of drug-likeness (QED) is 0.392. The number of methoxy groups -OCH3 is 1. The van der Waals surface area contributed by atoms with Gasteiger partial charge in [-0.15, -0.1) is 0 Å². The molecule has 0 saturated carbocycles. The highest BCUT2D eigenvalue weighted by atomic mass is 16.5. The molecule has 1 aliphatic rings. The number of Topliss-reactive ketones (excluding diaryl/α,β-unsaturated/α-hetero) is 1. The van der Waals surface area contributed by atoms with Crippen LogP contribution in [-0.4, -0.2) is 53.3 Å². The third-order valence-electron chi connectivity index (χ3n) is 6.81. The first kappa shape index (κ1) is 25.3. The molecule has 2 atom stereocenters. The lowest BCUT2D eigenvalue weighted by molar-refractivity contribution is -0.130. The Kier molecular flexibility index (Phi) is 7.60. The van der Waals surface area contributed by atoms with Gasteiger partial charge < -0.3 is 19.2 Å². The molecule has 7 heteroatoms. The van der Waals surface area contributed by atoms with E-state index >= 15 is 0 Å². The van der Waals surface area contributed by atoms with Crippen LogP contribution in [0.15, 0.2) is 82.7 Å². The zero-order valence-electron chi connectivity index (χ0n) is 21.1. The van der Waals surface area contributed by atoms with E-state index in [0.717, 1.165) is 24.2 Å². The summed E-state index contributed by atoms with van der Waals surface area (Å²) in [4.78, 5) is 30.8. The molecule has 4 rings (SSSR count). The Morgan fingerprint density at radius 1 is 1.08 bits per heavy atom. The second kappa shape index (κ2) is 10.8. The standard InChI is InChI=1S/C29H32N2O5/c1-5-30(6-2)23(20-11-9-19(3)10-12-20)18-31-26(21-13-15-22(35-4)16-14-21)25(28(33)29(31)34)27(32)24-8-7-17-36-24/h7-17,23,26,33H,5-6,18H2,1-4H3. The van der Waals surface area contributed by atoms with Gasteiger partial charge in [-0.05, 0) is 55.4 Å². The van der Waals surface area contributed by atoms with Crippen molar-refractivity contribution in [2.75, 3.05) is 26.7 Å². The number of carbonyl (C=O) groups excluding carboxylic acids is 2. The molecule has 0 saturated heterocycles. The molecule has 36 heavy (non-hydrogen) atoms. The van der Waals surface area contributed by atoms with Crippen LogP contribution in [-0.2, 0) is 4.79 Å². The second-order valence-corrected chi connectivity index (χ2v) is 8.85. The number of rotatable bonds is 10. The highest BCUT2D eigenvalue weighted by Gasteiger charge is 2.45. The number of ketones is 1. The summed E-state index contributed by atoms with van der Waals surface area (Å²) in [6.45, 7) is 8.05. The Hall–Kier alpha value is -3.84. The zero-order chi connectivity index (χ0) is 25.8. The average molecular weight is 489 g/mol. The molecule has 188 valence electrons. The maximum Gasteiger partial charge on any atom is 0.290 e. The molecule has 2 aromatic carbocycles. The van der Waals surface area contributed by atoms with Gasteiger partial charge in [0.25, 0.3) is 5.91 Å². The molecule has 0 aliphatic carbocycles. The Balaban J connectivity index is 1.79. The SMILES string of the molecule is CCN(CC)C(CN1C(=O)C(O)=C(C(=O)c2ccco2)C1c1ccc(OC)cc1)c1ccc(C)cc1. The number of hydrogen-bond acceptors (Lipinski definition) is 6. The van der Waals surface area contributed by atoms with E-state index in [1.807, 2.05) is 19.1 Å². The van der Waals surface area contributed by atoms with Crippen molar-refractivity contribution in [1.82, 2.24) is 9.80 Å². The molecule has 0 bridgehead atoms. The molecule has 1 amide bonds. The predicted molar refractivity (Wildman–Crippen MR) is 137 cm³/mol. The second-order valence-electron chi connectivity index (χ2n) is 8.85. The Morgan fingerprint density at radius 3 is 2.31 bits per heavy atom. The Morgan fingerprint density at radius 2 is 1.75 bits per heavy atom. The van der Waals surface area contributed by atoms with Crippen LogP contribution in [0.1, 0.15) is 53.2 Å².